The first-order valence-electron chi connectivity index (χ1n) is 11.0. The number of aromatic nitrogens is 2. The summed E-state index contributed by atoms with van der Waals surface area (Å²) in [4.78, 5) is 2.15. The number of ether oxygens (including phenoxy) is 2. The Morgan fingerprint density at radius 2 is 1.88 bits per heavy atom. The molecule has 0 aliphatic heterocycles. The third kappa shape index (κ3) is 6.16. The average molecular weight is 442 g/mol. The minimum absolute atomic E-state index is 0.174. The number of aliphatic hydroxyl groups excluding tert-OH is 1. The highest BCUT2D eigenvalue weighted by atomic mass is 19.1. The molecule has 0 saturated carbocycles. The SMILES string of the molecule is CCOCC(O)CN(Cc1c(C)nn(-c2ccccc2)c1Oc1cccc(F)c1)C(C)C. The summed E-state index contributed by atoms with van der Waals surface area (Å²) in [5.74, 6) is 0.564. The fraction of sp³-hybridized carbons (Fsp3) is 0.400. The minimum Gasteiger partial charge on any atom is -0.438 e. The van der Waals surface area contributed by atoms with Gasteiger partial charge in [-0.15, -0.1) is 0 Å². The summed E-state index contributed by atoms with van der Waals surface area (Å²) < 4.78 is 27.1. The molecule has 3 rings (SSSR count). The van der Waals surface area contributed by atoms with Crippen LogP contribution in [0.2, 0.25) is 0 Å². The number of para-hydroxylation sites is 1. The third-order valence-electron chi connectivity index (χ3n) is 5.20. The van der Waals surface area contributed by atoms with Gasteiger partial charge in [-0.25, -0.2) is 9.07 Å². The second kappa shape index (κ2) is 11.2. The maximum Gasteiger partial charge on any atom is 0.227 e. The molecule has 1 atom stereocenters. The number of benzene rings is 2. The highest BCUT2D eigenvalue weighted by Gasteiger charge is 2.24. The highest BCUT2D eigenvalue weighted by molar-refractivity contribution is 5.43. The van der Waals surface area contributed by atoms with Gasteiger partial charge in [0.25, 0.3) is 0 Å². The largest absolute Gasteiger partial charge is 0.438 e. The molecule has 1 heterocycles. The number of rotatable bonds is 11. The van der Waals surface area contributed by atoms with Gasteiger partial charge >= 0.3 is 0 Å². The summed E-state index contributed by atoms with van der Waals surface area (Å²) >= 11 is 0. The van der Waals surface area contributed by atoms with Gasteiger partial charge in [-0.1, -0.05) is 24.3 Å². The average Bonchev–Trinajstić information content (AvgIpc) is 3.07. The summed E-state index contributed by atoms with van der Waals surface area (Å²) in [6.45, 7) is 9.82. The summed E-state index contributed by atoms with van der Waals surface area (Å²) in [7, 11) is 0. The lowest BCUT2D eigenvalue weighted by Gasteiger charge is -2.29. The number of hydrogen-bond acceptors (Lipinski definition) is 5. The van der Waals surface area contributed by atoms with E-state index in [0.717, 1.165) is 16.9 Å². The summed E-state index contributed by atoms with van der Waals surface area (Å²) in [5, 5.41) is 15.1. The van der Waals surface area contributed by atoms with Crippen molar-refractivity contribution in [2.75, 3.05) is 19.8 Å². The van der Waals surface area contributed by atoms with Crippen molar-refractivity contribution in [1.29, 1.82) is 0 Å². The van der Waals surface area contributed by atoms with Crippen molar-refractivity contribution in [3.05, 3.63) is 71.7 Å². The van der Waals surface area contributed by atoms with Gasteiger partial charge in [0.1, 0.15) is 11.6 Å². The Bertz CT molecular complexity index is 991. The van der Waals surface area contributed by atoms with E-state index in [1.807, 2.05) is 44.2 Å². The topological polar surface area (TPSA) is 59.8 Å². The van der Waals surface area contributed by atoms with E-state index in [1.54, 1.807) is 16.8 Å². The van der Waals surface area contributed by atoms with E-state index in [1.165, 1.54) is 12.1 Å². The van der Waals surface area contributed by atoms with Gasteiger partial charge in [0.2, 0.25) is 5.88 Å². The van der Waals surface area contributed by atoms with Gasteiger partial charge in [-0.2, -0.15) is 5.10 Å². The van der Waals surface area contributed by atoms with Crippen molar-refractivity contribution in [1.82, 2.24) is 14.7 Å². The maximum absolute atomic E-state index is 13.8. The zero-order valence-corrected chi connectivity index (χ0v) is 19.2. The van der Waals surface area contributed by atoms with Gasteiger partial charge in [0.15, 0.2) is 0 Å². The molecule has 32 heavy (non-hydrogen) atoms. The lowest BCUT2D eigenvalue weighted by Crippen LogP contribution is -2.39. The molecular formula is C25H32FN3O3. The van der Waals surface area contributed by atoms with Crippen molar-refractivity contribution >= 4 is 0 Å². The molecule has 0 radical (unpaired) electrons. The predicted octanol–water partition coefficient (Wildman–Crippen LogP) is 4.72. The van der Waals surface area contributed by atoms with Crippen molar-refractivity contribution in [3.8, 4) is 17.3 Å². The molecular weight excluding hydrogens is 409 g/mol. The van der Waals surface area contributed by atoms with Crippen molar-refractivity contribution in [2.24, 2.45) is 0 Å². The van der Waals surface area contributed by atoms with E-state index in [2.05, 4.69) is 18.7 Å². The van der Waals surface area contributed by atoms with Crippen molar-refractivity contribution in [3.63, 3.8) is 0 Å². The van der Waals surface area contributed by atoms with Crippen LogP contribution in [0.25, 0.3) is 5.69 Å². The van der Waals surface area contributed by atoms with Crippen LogP contribution in [0.4, 0.5) is 4.39 Å². The van der Waals surface area contributed by atoms with Crippen LogP contribution in [0.1, 0.15) is 32.0 Å². The van der Waals surface area contributed by atoms with Crippen LogP contribution >= 0.6 is 0 Å². The van der Waals surface area contributed by atoms with Crippen LogP contribution in [0.5, 0.6) is 11.6 Å². The molecule has 1 unspecified atom stereocenters. The smallest absolute Gasteiger partial charge is 0.227 e. The molecule has 3 aromatic rings. The fourth-order valence-electron chi connectivity index (χ4n) is 3.45. The van der Waals surface area contributed by atoms with Crippen LogP contribution in [0, 0.1) is 12.7 Å². The standard InChI is InChI=1S/C25H32FN3O3/c1-5-31-17-22(30)15-28(18(2)3)16-24-19(4)27-29(21-11-7-6-8-12-21)25(24)32-23-13-9-10-20(26)14-23/h6-14,18,22,30H,5,15-17H2,1-4H3. The Labute approximate surface area is 189 Å². The molecule has 2 aromatic carbocycles. The quantitative estimate of drug-likeness (QED) is 0.467. The molecule has 1 aromatic heterocycles. The minimum atomic E-state index is -0.602. The van der Waals surface area contributed by atoms with Gasteiger partial charge in [-0.05, 0) is 52.0 Å². The monoisotopic (exact) mass is 441 g/mol. The summed E-state index contributed by atoms with van der Waals surface area (Å²) in [6.07, 6.45) is -0.602. The van der Waals surface area contributed by atoms with E-state index in [0.29, 0.717) is 31.3 Å². The lowest BCUT2D eigenvalue weighted by atomic mass is 10.2. The lowest BCUT2D eigenvalue weighted by molar-refractivity contribution is 0.0131. The van der Waals surface area contributed by atoms with Crippen LogP contribution < -0.4 is 4.74 Å². The molecule has 6 nitrogen and oxygen atoms in total. The van der Waals surface area contributed by atoms with Gasteiger partial charge in [-0.3, -0.25) is 4.90 Å². The molecule has 0 spiro atoms. The third-order valence-corrected chi connectivity index (χ3v) is 5.20. The summed E-state index contributed by atoms with van der Waals surface area (Å²) in [6, 6.07) is 15.9. The molecule has 0 aliphatic carbocycles. The number of nitrogens with zero attached hydrogens (tertiary/aromatic N) is 3. The molecule has 0 aliphatic rings. The first kappa shape index (κ1) is 23.9. The van der Waals surface area contributed by atoms with Crippen LogP contribution in [0.15, 0.2) is 54.6 Å². The van der Waals surface area contributed by atoms with Crippen molar-refractivity contribution in [2.45, 2.75) is 46.4 Å². The zero-order chi connectivity index (χ0) is 23.1. The van der Waals surface area contributed by atoms with E-state index < -0.39 is 6.10 Å². The molecule has 1 N–H and O–H groups in total. The number of halogens is 1. The highest BCUT2D eigenvalue weighted by Crippen LogP contribution is 2.32. The second-order valence-corrected chi connectivity index (χ2v) is 8.01. The Morgan fingerprint density at radius 1 is 1.12 bits per heavy atom. The number of hydrogen-bond donors (Lipinski definition) is 1. The van der Waals surface area contributed by atoms with Crippen LogP contribution in [-0.4, -0.2) is 51.7 Å². The molecule has 0 bridgehead atoms. The Balaban J connectivity index is 1.97. The molecule has 172 valence electrons. The first-order chi connectivity index (χ1) is 15.4. The Morgan fingerprint density at radius 3 is 2.53 bits per heavy atom. The predicted molar refractivity (Wildman–Crippen MR) is 123 cm³/mol. The van der Waals surface area contributed by atoms with E-state index in [-0.39, 0.29) is 18.5 Å². The van der Waals surface area contributed by atoms with E-state index >= 15 is 0 Å². The fourth-order valence-corrected chi connectivity index (χ4v) is 3.45. The van der Waals surface area contributed by atoms with Gasteiger partial charge in [0.05, 0.1) is 29.7 Å². The second-order valence-electron chi connectivity index (χ2n) is 8.01. The summed E-state index contributed by atoms with van der Waals surface area (Å²) in [5.41, 5.74) is 2.54. The number of aliphatic hydroxyl groups is 1. The molecule has 7 heteroatoms. The van der Waals surface area contributed by atoms with Crippen molar-refractivity contribution < 1.29 is 19.0 Å². The Kier molecular flexibility index (Phi) is 8.39. The molecule has 0 amide bonds. The van der Waals surface area contributed by atoms with Crippen LogP contribution in [0.3, 0.4) is 0 Å². The maximum atomic E-state index is 13.8. The van der Waals surface area contributed by atoms with E-state index in [4.69, 9.17) is 14.6 Å². The van der Waals surface area contributed by atoms with E-state index in [9.17, 15) is 9.50 Å². The van der Waals surface area contributed by atoms with Gasteiger partial charge in [0, 0.05) is 31.8 Å². The number of aryl methyl sites for hydroxylation is 1. The normalized spacial score (nSPS) is 12.5. The first-order valence-corrected chi connectivity index (χ1v) is 11.0. The van der Waals surface area contributed by atoms with Gasteiger partial charge < -0.3 is 14.6 Å². The van der Waals surface area contributed by atoms with Crippen LogP contribution in [-0.2, 0) is 11.3 Å². The zero-order valence-electron chi connectivity index (χ0n) is 19.2. The Hall–Kier alpha value is -2.74. The molecule has 0 fully saturated rings. The molecule has 0 saturated heterocycles.